The molecule has 0 saturated carbocycles. The molecule has 0 spiro atoms. The molecule has 1 aromatic carbocycles. The Morgan fingerprint density at radius 1 is 1.07 bits per heavy atom. The van der Waals surface area contributed by atoms with Crippen LogP contribution in [0.1, 0.15) is 36.8 Å². The van der Waals surface area contributed by atoms with Gasteiger partial charge in [0.15, 0.2) is 6.61 Å². The molecule has 1 fully saturated rings. The van der Waals surface area contributed by atoms with Crippen LogP contribution in [0.5, 0.6) is 5.75 Å². The molecule has 1 aliphatic heterocycles. The van der Waals surface area contributed by atoms with E-state index < -0.39 is 0 Å². The Morgan fingerprint density at radius 2 is 1.74 bits per heavy atom. The number of aromatic nitrogens is 2. The summed E-state index contributed by atoms with van der Waals surface area (Å²) in [7, 11) is 0. The van der Waals surface area contributed by atoms with Gasteiger partial charge in [0.25, 0.3) is 5.91 Å². The fourth-order valence-electron chi connectivity index (χ4n) is 3.05. The van der Waals surface area contributed by atoms with Crippen LogP contribution in [0.4, 0.5) is 5.82 Å². The second-order valence-corrected chi connectivity index (χ2v) is 7.35. The van der Waals surface area contributed by atoms with Crippen molar-refractivity contribution < 1.29 is 9.53 Å². The normalized spacial score (nSPS) is 14.6. The van der Waals surface area contributed by atoms with Crippen molar-refractivity contribution in [3.8, 4) is 5.75 Å². The van der Waals surface area contributed by atoms with Gasteiger partial charge in [-0.2, -0.15) is 0 Å². The molecule has 144 valence electrons. The van der Waals surface area contributed by atoms with Crippen LogP contribution in [-0.2, 0) is 4.79 Å². The zero-order chi connectivity index (χ0) is 19.4. The zero-order valence-corrected chi connectivity index (χ0v) is 16.6. The number of nitrogens with zero attached hydrogens (tertiary/aromatic N) is 4. The van der Waals surface area contributed by atoms with Crippen LogP contribution in [0.3, 0.4) is 0 Å². The highest BCUT2D eigenvalue weighted by Crippen LogP contribution is 2.19. The second-order valence-electron chi connectivity index (χ2n) is 7.35. The van der Waals surface area contributed by atoms with Gasteiger partial charge in [0.2, 0.25) is 0 Å². The van der Waals surface area contributed by atoms with Gasteiger partial charge in [0, 0.05) is 43.9 Å². The lowest BCUT2D eigenvalue weighted by molar-refractivity contribution is -0.133. The fraction of sp³-hybridized carbons (Fsp3) is 0.476. The van der Waals surface area contributed by atoms with E-state index in [1.807, 2.05) is 49.1 Å². The van der Waals surface area contributed by atoms with Gasteiger partial charge in [-0.15, -0.1) is 0 Å². The summed E-state index contributed by atoms with van der Waals surface area (Å²) in [6.07, 6.45) is 0. The fourth-order valence-corrected chi connectivity index (χ4v) is 3.05. The van der Waals surface area contributed by atoms with Gasteiger partial charge >= 0.3 is 0 Å². The zero-order valence-electron chi connectivity index (χ0n) is 16.6. The van der Waals surface area contributed by atoms with Crippen LogP contribution >= 0.6 is 0 Å². The van der Waals surface area contributed by atoms with Gasteiger partial charge in [-0.1, -0.05) is 31.5 Å². The standard InChI is InChI=1S/C21H28N4O2/c1-15(2)21-22-17(4)13-19(23-21)24-9-11-25(12-10-24)20(26)14-27-18-7-5-16(3)6-8-18/h5-8,13,15H,9-12,14H2,1-4H3. The maximum Gasteiger partial charge on any atom is 0.260 e. The van der Waals surface area contributed by atoms with Gasteiger partial charge in [0.1, 0.15) is 17.4 Å². The molecule has 0 N–H and O–H groups in total. The Kier molecular flexibility index (Phi) is 5.94. The van der Waals surface area contributed by atoms with Crippen LogP contribution in [0, 0.1) is 13.8 Å². The third-order valence-electron chi connectivity index (χ3n) is 4.71. The lowest BCUT2D eigenvalue weighted by Crippen LogP contribution is -2.50. The van der Waals surface area contributed by atoms with Crippen molar-refractivity contribution in [3.63, 3.8) is 0 Å². The van der Waals surface area contributed by atoms with Crippen molar-refractivity contribution in [3.05, 3.63) is 47.4 Å². The molecule has 0 unspecified atom stereocenters. The summed E-state index contributed by atoms with van der Waals surface area (Å²) in [5, 5.41) is 0. The minimum atomic E-state index is 0.0250. The molecule has 0 atom stereocenters. The van der Waals surface area contributed by atoms with Gasteiger partial charge in [0.05, 0.1) is 0 Å². The van der Waals surface area contributed by atoms with E-state index in [9.17, 15) is 4.79 Å². The number of amides is 1. The van der Waals surface area contributed by atoms with E-state index >= 15 is 0 Å². The maximum absolute atomic E-state index is 12.4. The maximum atomic E-state index is 12.4. The smallest absolute Gasteiger partial charge is 0.260 e. The van der Waals surface area contributed by atoms with Crippen molar-refractivity contribution in [2.75, 3.05) is 37.7 Å². The molecule has 2 aromatic rings. The van der Waals surface area contributed by atoms with Crippen molar-refractivity contribution in [2.24, 2.45) is 0 Å². The van der Waals surface area contributed by atoms with Crippen LogP contribution in [0.15, 0.2) is 30.3 Å². The molecule has 1 aliphatic rings. The molecule has 6 heteroatoms. The number of carbonyl (C=O) groups is 1. The summed E-state index contributed by atoms with van der Waals surface area (Å²) in [4.78, 5) is 25.7. The first-order valence-corrected chi connectivity index (χ1v) is 9.50. The summed E-state index contributed by atoms with van der Waals surface area (Å²) in [5.41, 5.74) is 2.15. The number of aryl methyl sites for hydroxylation is 2. The van der Waals surface area contributed by atoms with Crippen molar-refractivity contribution >= 4 is 11.7 Å². The van der Waals surface area contributed by atoms with Crippen molar-refractivity contribution in [2.45, 2.75) is 33.6 Å². The molecule has 0 aliphatic carbocycles. The minimum Gasteiger partial charge on any atom is -0.484 e. The highest BCUT2D eigenvalue weighted by atomic mass is 16.5. The lowest BCUT2D eigenvalue weighted by atomic mass is 10.2. The van der Waals surface area contributed by atoms with Gasteiger partial charge in [-0.3, -0.25) is 4.79 Å². The molecular formula is C21H28N4O2. The Hall–Kier alpha value is -2.63. The Bertz CT molecular complexity index is 781. The third-order valence-corrected chi connectivity index (χ3v) is 4.71. The third kappa shape index (κ3) is 4.96. The SMILES string of the molecule is Cc1ccc(OCC(=O)N2CCN(c3cc(C)nc(C(C)C)n3)CC2)cc1. The number of hydrogen-bond donors (Lipinski definition) is 0. The lowest BCUT2D eigenvalue weighted by Gasteiger charge is -2.35. The van der Waals surface area contributed by atoms with Crippen LogP contribution in [0.25, 0.3) is 0 Å². The number of rotatable bonds is 5. The predicted octanol–water partition coefficient (Wildman–Crippen LogP) is 2.94. The van der Waals surface area contributed by atoms with Gasteiger partial charge in [-0.05, 0) is 26.0 Å². The van der Waals surface area contributed by atoms with Crippen LogP contribution in [-0.4, -0.2) is 53.6 Å². The van der Waals surface area contributed by atoms with E-state index in [2.05, 4.69) is 23.7 Å². The molecule has 2 heterocycles. The Balaban J connectivity index is 1.54. The average Bonchev–Trinajstić information content (AvgIpc) is 2.67. The quantitative estimate of drug-likeness (QED) is 0.812. The van der Waals surface area contributed by atoms with E-state index in [1.165, 1.54) is 5.56 Å². The van der Waals surface area contributed by atoms with E-state index in [-0.39, 0.29) is 12.5 Å². The number of ether oxygens (including phenoxy) is 1. The first-order valence-electron chi connectivity index (χ1n) is 9.50. The first kappa shape index (κ1) is 19.1. The molecule has 1 amide bonds. The summed E-state index contributed by atoms with van der Waals surface area (Å²) in [6.45, 7) is 11.2. The number of piperazine rings is 1. The van der Waals surface area contributed by atoms with E-state index in [0.717, 1.165) is 36.2 Å². The molecule has 1 aromatic heterocycles. The Labute approximate surface area is 161 Å². The summed E-state index contributed by atoms with van der Waals surface area (Å²) in [6, 6.07) is 9.76. The molecule has 0 bridgehead atoms. The summed E-state index contributed by atoms with van der Waals surface area (Å²) < 4.78 is 5.62. The molecular weight excluding hydrogens is 340 g/mol. The largest absolute Gasteiger partial charge is 0.484 e. The topological polar surface area (TPSA) is 58.6 Å². The highest BCUT2D eigenvalue weighted by molar-refractivity contribution is 5.78. The van der Waals surface area contributed by atoms with E-state index in [4.69, 9.17) is 9.72 Å². The monoisotopic (exact) mass is 368 g/mol. The molecule has 27 heavy (non-hydrogen) atoms. The number of benzene rings is 1. The average molecular weight is 368 g/mol. The van der Waals surface area contributed by atoms with Crippen LogP contribution < -0.4 is 9.64 Å². The van der Waals surface area contributed by atoms with E-state index in [1.54, 1.807) is 0 Å². The first-order chi connectivity index (χ1) is 12.9. The number of carbonyl (C=O) groups excluding carboxylic acids is 1. The molecule has 6 nitrogen and oxygen atoms in total. The predicted molar refractivity (Wildman–Crippen MR) is 106 cm³/mol. The molecule has 3 rings (SSSR count). The number of hydrogen-bond acceptors (Lipinski definition) is 5. The van der Waals surface area contributed by atoms with Crippen molar-refractivity contribution in [1.82, 2.24) is 14.9 Å². The van der Waals surface area contributed by atoms with E-state index in [0.29, 0.717) is 19.0 Å². The second kappa shape index (κ2) is 8.37. The summed E-state index contributed by atoms with van der Waals surface area (Å²) in [5.74, 6) is 2.87. The highest BCUT2D eigenvalue weighted by Gasteiger charge is 2.23. The molecule has 1 saturated heterocycles. The van der Waals surface area contributed by atoms with Crippen molar-refractivity contribution in [1.29, 1.82) is 0 Å². The van der Waals surface area contributed by atoms with Crippen LogP contribution in [0.2, 0.25) is 0 Å². The summed E-state index contributed by atoms with van der Waals surface area (Å²) >= 11 is 0. The van der Waals surface area contributed by atoms with Gasteiger partial charge in [-0.25, -0.2) is 9.97 Å². The minimum absolute atomic E-state index is 0.0250. The Morgan fingerprint density at radius 3 is 2.37 bits per heavy atom. The molecule has 0 radical (unpaired) electrons. The number of anilines is 1. The van der Waals surface area contributed by atoms with Gasteiger partial charge < -0.3 is 14.5 Å².